The number of benzene rings is 1. The normalized spacial score (nSPS) is 11.2. The van der Waals surface area contributed by atoms with Gasteiger partial charge in [-0.25, -0.2) is 8.78 Å². The molecule has 1 rings (SSSR count). The van der Waals surface area contributed by atoms with Crippen LogP contribution >= 0.6 is 24.0 Å². The first kappa shape index (κ1) is 19.1. The lowest BCUT2D eigenvalue weighted by molar-refractivity contribution is 0.584. The predicted octanol–water partition coefficient (Wildman–Crippen LogP) is 3.09. The SMILES string of the molecule is CCNC(=NCCc1cc(F)ccc1F)NC(C)C.I. The number of aliphatic imine (C=N–C) groups is 1. The van der Waals surface area contributed by atoms with Crippen molar-refractivity contribution in [1.29, 1.82) is 0 Å². The summed E-state index contributed by atoms with van der Waals surface area (Å²) in [4.78, 5) is 4.32. The molecule has 0 bridgehead atoms. The summed E-state index contributed by atoms with van der Waals surface area (Å²) in [6.45, 7) is 7.16. The number of halogens is 3. The van der Waals surface area contributed by atoms with Crippen LogP contribution in [-0.2, 0) is 6.42 Å². The molecule has 0 fully saturated rings. The topological polar surface area (TPSA) is 36.4 Å². The monoisotopic (exact) mass is 397 g/mol. The Hall–Kier alpha value is -0.920. The van der Waals surface area contributed by atoms with Crippen LogP contribution in [0.3, 0.4) is 0 Å². The average Bonchev–Trinajstić information content (AvgIpc) is 2.33. The Morgan fingerprint density at radius 3 is 2.60 bits per heavy atom. The molecule has 3 nitrogen and oxygen atoms in total. The van der Waals surface area contributed by atoms with E-state index in [0.29, 0.717) is 24.5 Å². The van der Waals surface area contributed by atoms with Crippen molar-refractivity contribution in [3.8, 4) is 0 Å². The molecule has 1 aromatic rings. The van der Waals surface area contributed by atoms with Gasteiger partial charge in [-0.2, -0.15) is 0 Å². The number of hydrogen-bond acceptors (Lipinski definition) is 1. The fourth-order valence-corrected chi connectivity index (χ4v) is 1.62. The van der Waals surface area contributed by atoms with Crippen LogP contribution in [0.2, 0.25) is 0 Å². The van der Waals surface area contributed by atoms with E-state index in [-0.39, 0.29) is 30.0 Å². The second-order valence-electron chi connectivity index (χ2n) is 4.55. The molecule has 0 saturated carbocycles. The third-order valence-electron chi connectivity index (χ3n) is 2.43. The molecule has 2 N–H and O–H groups in total. The fraction of sp³-hybridized carbons (Fsp3) is 0.500. The van der Waals surface area contributed by atoms with Crippen molar-refractivity contribution in [2.45, 2.75) is 33.2 Å². The zero-order valence-corrected chi connectivity index (χ0v) is 14.4. The van der Waals surface area contributed by atoms with Gasteiger partial charge in [0.15, 0.2) is 5.96 Å². The van der Waals surface area contributed by atoms with Crippen molar-refractivity contribution in [3.05, 3.63) is 35.4 Å². The minimum absolute atomic E-state index is 0. The second kappa shape index (κ2) is 9.90. The van der Waals surface area contributed by atoms with Crippen LogP contribution in [-0.4, -0.2) is 25.1 Å². The molecule has 0 saturated heterocycles. The molecule has 0 aliphatic heterocycles. The summed E-state index contributed by atoms with van der Waals surface area (Å²) in [7, 11) is 0. The molecule has 0 aliphatic carbocycles. The largest absolute Gasteiger partial charge is 0.357 e. The van der Waals surface area contributed by atoms with Crippen molar-refractivity contribution < 1.29 is 8.78 Å². The molecule has 6 heteroatoms. The Morgan fingerprint density at radius 1 is 1.30 bits per heavy atom. The van der Waals surface area contributed by atoms with E-state index < -0.39 is 11.6 Å². The molecule has 0 atom stereocenters. The molecule has 0 spiro atoms. The van der Waals surface area contributed by atoms with Crippen molar-refractivity contribution in [2.75, 3.05) is 13.1 Å². The van der Waals surface area contributed by atoms with Gasteiger partial charge in [-0.3, -0.25) is 4.99 Å². The van der Waals surface area contributed by atoms with Gasteiger partial charge >= 0.3 is 0 Å². The van der Waals surface area contributed by atoms with E-state index in [4.69, 9.17) is 0 Å². The van der Waals surface area contributed by atoms with Crippen molar-refractivity contribution >= 4 is 29.9 Å². The number of guanidine groups is 1. The van der Waals surface area contributed by atoms with Crippen LogP contribution in [0.15, 0.2) is 23.2 Å². The van der Waals surface area contributed by atoms with Crippen LogP contribution in [0.5, 0.6) is 0 Å². The van der Waals surface area contributed by atoms with Gasteiger partial charge in [-0.1, -0.05) is 0 Å². The van der Waals surface area contributed by atoms with Gasteiger partial charge in [0.05, 0.1) is 0 Å². The van der Waals surface area contributed by atoms with E-state index in [2.05, 4.69) is 15.6 Å². The lowest BCUT2D eigenvalue weighted by Crippen LogP contribution is -2.41. The summed E-state index contributed by atoms with van der Waals surface area (Å²) in [6, 6.07) is 3.75. The quantitative estimate of drug-likeness (QED) is 0.455. The molecule has 0 amide bonds. The zero-order valence-electron chi connectivity index (χ0n) is 12.0. The first-order chi connectivity index (χ1) is 9.02. The number of nitrogens with zero attached hydrogens (tertiary/aromatic N) is 1. The molecule has 1 aromatic carbocycles. The zero-order chi connectivity index (χ0) is 14.3. The molecule has 0 aromatic heterocycles. The Balaban J connectivity index is 0.00000361. The highest BCUT2D eigenvalue weighted by Gasteiger charge is 2.04. The standard InChI is InChI=1S/C14H21F2N3.HI/c1-4-17-14(19-10(2)3)18-8-7-11-9-12(15)5-6-13(11)16;/h5-6,9-10H,4,7-8H2,1-3H3,(H2,17,18,19);1H. The number of nitrogens with one attached hydrogen (secondary N) is 2. The molecular weight excluding hydrogens is 375 g/mol. The average molecular weight is 397 g/mol. The lowest BCUT2D eigenvalue weighted by atomic mass is 10.1. The van der Waals surface area contributed by atoms with Crippen LogP contribution in [0.1, 0.15) is 26.3 Å². The van der Waals surface area contributed by atoms with Crippen molar-refractivity contribution in [1.82, 2.24) is 10.6 Å². The summed E-state index contributed by atoms with van der Waals surface area (Å²) in [5, 5.41) is 6.26. The van der Waals surface area contributed by atoms with Gasteiger partial charge < -0.3 is 10.6 Å². The Kier molecular flexibility index (Phi) is 9.45. The van der Waals surface area contributed by atoms with Gasteiger partial charge in [0.25, 0.3) is 0 Å². The Morgan fingerprint density at radius 2 is 2.00 bits per heavy atom. The van der Waals surface area contributed by atoms with Crippen LogP contribution in [0.25, 0.3) is 0 Å². The second-order valence-corrected chi connectivity index (χ2v) is 4.55. The third-order valence-corrected chi connectivity index (χ3v) is 2.43. The maximum Gasteiger partial charge on any atom is 0.191 e. The van der Waals surface area contributed by atoms with Crippen molar-refractivity contribution in [2.24, 2.45) is 4.99 Å². The molecule has 0 heterocycles. The van der Waals surface area contributed by atoms with Crippen LogP contribution in [0, 0.1) is 11.6 Å². The first-order valence-corrected chi connectivity index (χ1v) is 6.51. The van der Waals surface area contributed by atoms with Gasteiger partial charge in [-0.15, -0.1) is 24.0 Å². The first-order valence-electron chi connectivity index (χ1n) is 6.51. The molecule has 0 aliphatic rings. The fourth-order valence-electron chi connectivity index (χ4n) is 1.62. The van der Waals surface area contributed by atoms with Crippen LogP contribution < -0.4 is 10.6 Å². The molecule has 0 radical (unpaired) electrons. The maximum atomic E-state index is 13.4. The minimum Gasteiger partial charge on any atom is -0.357 e. The highest BCUT2D eigenvalue weighted by molar-refractivity contribution is 14.0. The summed E-state index contributed by atoms with van der Waals surface area (Å²) >= 11 is 0. The Bertz CT molecular complexity index is 436. The lowest BCUT2D eigenvalue weighted by Gasteiger charge is -2.13. The van der Waals surface area contributed by atoms with E-state index in [1.807, 2.05) is 20.8 Å². The van der Waals surface area contributed by atoms with E-state index in [0.717, 1.165) is 18.7 Å². The predicted molar refractivity (Wildman–Crippen MR) is 89.7 cm³/mol. The van der Waals surface area contributed by atoms with Gasteiger partial charge in [0.1, 0.15) is 11.6 Å². The highest BCUT2D eigenvalue weighted by atomic mass is 127. The molecule has 0 unspecified atom stereocenters. The summed E-state index contributed by atoms with van der Waals surface area (Å²) in [5.74, 6) is -0.125. The molecule has 20 heavy (non-hydrogen) atoms. The summed E-state index contributed by atoms with van der Waals surface area (Å²) < 4.78 is 26.4. The smallest absolute Gasteiger partial charge is 0.191 e. The number of hydrogen-bond donors (Lipinski definition) is 2. The van der Waals surface area contributed by atoms with Gasteiger partial charge in [0, 0.05) is 19.1 Å². The molecule has 114 valence electrons. The van der Waals surface area contributed by atoms with E-state index in [9.17, 15) is 8.78 Å². The minimum atomic E-state index is -0.424. The molecular formula is C14H22F2IN3. The van der Waals surface area contributed by atoms with E-state index in [1.54, 1.807) is 0 Å². The van der Waals surface area contributed by atoms with E-state index in [1.165, 1.54) is 6.07 Å². The van der Waals surface area contributed by atoms with E-state index >= 15 is 0 Å². The van der Waals surface area contributed by atoms with Gasteiger partial charge in [0.2, 0.25) is 0 Å². The van der Waals surface area contributed by atoms with Crippen LogP contribution in [0.4, 0.5) is 8.78 Å². The Labute approximate surface area is 136 Å². The van der Waals surface area contributed by atoms with Gasteiger partial charge in [-0.05, 0) is 51.0 Å². The summed E-state index contributed by atoms with van der Waals surface area (Å²) in [5.41, 5.74) is 0.351. The van der Waals surface area contributed by atoms with Crippen molar-refractivity contribution in [3.63, 3.8) is 0 Å². The number of rotatable bonds is 5. The summed E-state index contributed by atoms with van der Waals surface area (Å²) in [6.07, 6.45) is 0.373. The maximum absolute atomic E-state index is 13.4. The highest BCUT2D eigenvalue weighted by Crippen LogP contribution is 2.10. The third kappa shape index (κ3) is 7.02.